The second-order valence-corrected chi connectivity index (χ2v) is 9.37. The van der Waals surface area contributed by atoms with Crippen molar-refractivity contribution in [1.82, 2.24) is 9.80 Å². The van der Waals surface area contributed by atoms with E-state index in [1.807, 2.05) is 0 Å². The minimum absolute atomic E-state index is 0.0637. The second kappa shape index (κ2) is 13.1. The van der Waals surface area contributed by atoms with Crippen molar-refractivity contribution in [2.75, 3.05) is 37.9 Å². The number of thioether (sulfide) groups is 1. The van der Waals surface area contributed by atoms with Gasteiger partial charge in [0.05, 0.1) is 10.5 Å². The minimum Gasteiger partial charge on any atom is -0.380 e. The van der Waals surface area contributed by atoms with Gasteiger partial charge in [0.1, 0.15) is 0 Å². The number of carbonyl (C=O) groups is 2. The normalized spacial score (nSPS) is 17.2. The van der Waals surface area contributed by atoms with Crippen LogP contribution >= 0.6 is 23.4 Å². The molecule has 6 nitrogen and oxygen atoms in total. The first-order valence-electron chi connectivity index (χ1n) is 11.7. The second-order valence-electron chi connectivity index (χ2n) is 8.38. The van der Waals surface area contributed by atoms with E-state index in [4.69, 9.17) is 5.41 Å². The zero-order valence-corrected chi connectivity index (χ0v) is 21.8. The molecule has 2 aromatic carbocycles. The van der Waals surface area contributed by atoms with E-state index < -0.39 is 11.7 Å². The Morgan fingerprint density at radius 3 is 2.46 bits per heavy atom. The lowest BCUT2D eigenvalue weighted by Gasteiger charge is -2.18. The number of anilines is 1. The summed E-state index contributed by atoms with van der Waals surface area (Å²) in [4.78, 5) is 28.9. The summed E-state index contributed by atoms with van der Waals surface area (Å²) in [5.41, 5.74) is 0.961. The number of carbonyl (C=O) groups excluding carboxylic acids is 2. The number of nitrogens with one attached hydrogen (secondary N) is 2. The van der Waals surface area contributed by atoms with Gasteiger partial charge >= 0.3 is 6.18 Å². The first-order chi connectivity index (χ1) is 17.8. The number of rotatable bonds is 8. The Kier molecular flexibility index (Phi) is 10.2. The fraction of sp³-hybridized carbons (Fsp3) is 0.346. The number of hydrogen-bond acceptors (Lipinski definition) is 6. The van der Waals surface area contributed by atoms with Crippen LogP contribution in [0.15, 0.2) is 47.4 Å². The summed E-state index contributed by atoms with van der Waals surface area (Å²) in [6.07, 6.45) is 1.99. The van der Waals surface area contributed by atoms with Crippen molar-refractivity contribution in [3.63, 3.8) is 0 Å². The van der Waals surface area contributed by atoms with Crippen LogP contribution in [-0.4, -0.2) is 59.7 Å². The number of likely N-dealkylation sites (tertiary alicyclic amines) is 1. The number of halogens is 4. The molecule has 2 heterocycles. The largest absolute Gasteiger partial charge is 0.416 e. The van der Waals surface area contributed by atoms with E-state index in [-0.39, 0.29) is 23.3 Å². The third kappa shape index (κ3) is 7.37. The van der Waals surface area contributed by atoms with E-state index in [2.05, 4.69) is 21.8 Å². The van der Waals surface area contributed by atoms with Gasteiger partial charge < -0.3 is 15.6 Å². The van der Waals surface area contributed by atoms with E-state index in [1.54, 1.807) is 30.3 Å². The van der Waals surface area contributed by atoms with E-state index >= 15 is 0 Å². The van der Waals surface area contributed by atoms with Gasteiger partial charge in [-0.05, 0) is 73.1 Å². The Bertz CT molecular complexity index is 1170. The van der Waals surface area contributed by atoms with Crippen molar-refractivity contribution in [1.29, 1.82) is 5.41 Å². The molecule has 4 rings (SSSR count). The summed E-state index contributed by atoms with van der Waals surface area (Å²) in [6, 6.07) is 10.3. The fourth-order valence-electron chi connectivity index (χ4n) is 4.18. The summed E-state index contributed by atoms with van der Waals surface area (Å²) in [6.45, 7) is 2.93. The maximum absolute atomic E-state index is 13.3. The van der Waals surface area contributed by atoms with E-state index in [1.165, 1.54) is 23.4 Å². The lowest BCUT2D eigenvalue weighted by molar-refractivity contribution is -0.138. The summed E-state index contributed by atoms with van der Waals surface area (Å²) in [7, 11) is 0. The third-order valence-corrected chi connectivity index (χ3v) is 6.94. The molecule has 198 valence electrons. The van der Waals surface area contributed by atoms with Gasteiger partial charge in [0.15, 0.2) is 0 Å². The molecular weight excluding hydrogens is 525 g/mol. The molecule has 0 spiro atoms. The van der Waals surface area contributed by atoms with Crippen LogP contribution in [0.4, 0.5) is 23.7 Å². The molecule has 2 amide bonds. The van der Waals surface area contributed by atoms with Gasteiger partial charge in [-0.25, -0.2) is 0 Å². The predicted molar refractivity (Wildman–Crippen MR) is 143 cm³/mol. The molecule has 2 N–H and O–H groups in total. The van der Waals surface area contributed by atoms with Crippen LogP contribution in [0.1, 0.15) is 35.1 Å². The van der Waals surface area contributed by atoms with E-state index in [0.717, 1.165) is 50.0 Å². The van der Waals surface area contributed by atoms with Crippen LogP contribution < -0.4 is 5.32 Å². The van der Waals surface area contributed by atoms with Crippen molar-refractivity contribution in [2.45, 2.75) is 25.6 Å². The molecule has 0 radical (unpaired) electrons. The van der Waals surface area contributed by atoms with Gasteiger partial charge in [0.2, 0.25) is 0 Å². The Balaban J connectivity index is 0.00000186. The molecule has 2 aromatic rings. The first-order valence-corrected chi connectivity index (χ1v) is 13.2. The third-order valence-electron chi connectivity index (χ3n) is 6.03. The highest BCUT2D eigenvalue weighted by atomic mass is 35.5. The number of benzene rings is 2. The lowest BCUT2D eigenvalue weighted by atomic mass is 10.1. The average Bonchev–Trinajstić information content (AvgIpc) is 3.50. The number of nitrogens with zero attached hydrogens (tertiary/aromatic N) is 2. The maximum atomic E-state index is 13.3. The Morgan fingerprint density at radius 2 is 1.78 bits per heavy atom. The number of amides is 2. The number of hydrogen-bond donors (Lipinski definition) is 2. The summed E-state index contributed by atoms with van der Waals surface area (Å²) in [5, 5.41) is 10.4. The van der Waals surface area contributed by atoms with Crippen molar-refractivity contribution in [3.05, 3.63) is 69.6 Å². The molecule has 2 saturated heterocycles. The first kappa shape index (κ1) is 28.7. The molecule has 2 fully saturated rings. The molecule has 0 aliphatic carbocycles. The summed E-state index contributed by atoms with van der Waals surface area (Å²) in [5.74, 6) is -0.332. The SMILES string of the molecule is CCl.N=Cc1cc(/C=C2\SC(=O)N(CCN3CCCC3)C2=O)ccc1NCc1ccccc1C(F)(F)F. The van der Waals surface area contributed by atoms with Crippen LogP contribution in [-0.2, 0) is 17.5 Å². The molecule has 0 bridgehead atoms. The van der Waals surface area contributed by atoms with Crippen molar-refractivity contribution in [2.24, 2.45) is 0 Å². The highest BCUT2D eigenvalue weighted by Crippen LogP contribution is 2.34. The van der Waals surface area contributed by atoms with Crippen LogP contribution in [0.2, 0.25) is 0 Å². The van der Waals surface area contributed by atoms with Crippen LogP contribution in [0, 0.1) is 5.41 Å². The maximum Gasteiger partial charge on any atom is 0.416 e. The van der Waals surface area contributed by atoms with Gasteiger partial charge in [0, 0.05) is 43.5 Å². The zero-order chi connectivity index (χ0) is 27.0. The molecule has 2 aliphatic rings. The van der Waals surface area contributed by atoms with Crippen molar-refractivity contribution < 1.29 is 22.8 Å². The summed E-state index contributed by atoms with van der Waals surface area (Å²) >= 11 is 5.53. The molecule has 11 heteroatoms. The Labute approximate surface area is 223 Å². The quantitative estimate of drug-likeness (QED) is 0.228. The lowest BCUT2D eigenvalue weighted by Crippen LogP contribution is -2.36. The van der Waals surface area contributed by atoms with E-state index in [9.17, 15) is 22.8 Å². The molecule has 0 aromatic heterocycles. The van der Waals surface area contributed by atoms with Crippen molar-refractivity contribution >= 4 is 52.5 Å². The van der Waals surface area contributed by atoms with Gasteiger partial charge in [-0.1, -0.05) is 24.3 Å². The molecular formula is C26H28ClF3N4O2S. The Hall–Kier alpha value is -2.82. The number of imide groups is 1. The monoisotopic (exact) mass is 552 g/mol. The van der Waals surface area contributed by atoms with Crippen LogP contribution in [0.5, 0.6) is 0 Å². The van der Waals surface area contributed by atoms with Gasteiger partial charge in [-0.3, -0.25) is 14.5 Å². The average molecular weight is 553 g/mol. The molecule has 0 unspecified atom stereocenters. The zero-order valence-electron chi connectivity index (χ0n) is 20.3. The molecule has 0 atom stereocenters. The topological polar surface area (TPSA) is 76.5 Å². The van der Waals surface area contributed by atoms with Crippen LogP contribution in [0.3, 0.4) is 0 Å². The molecule has 2 aliphatic heterocycles. The molecule has 0 saturated carbocycles. The van der Waals surface area contributed by atoms with E-state index in [0.29, 0.717) is 34.8 Å². The highest BCUT2D eigenvalue weighted by Gasteiger charge is 2.35. The fourth-order valence-corrected chi connectivity index (χ4v) is 5.05. The Morgan fingerprint density at radius 1 is 1.08 bits per heavy atom. The standard InChI is InChI=1S/C25H25F3N4O2S.CH3Cl/c26-25(27,28)20-6-2-1-5-18(20)16-30-21-8-7-17(13-19(21)15-29)14-22-23(33)32(24(34)35-22)12-11-31-9-3-4-10-31;1-2/h1-2,5-8,13-15,29-30H,3-4,9-12,16H2;1H3/b22-14-,29-15?;. The molecule has 37 heavy (non-hydrogen) atoms. The van der Waals surface area contributed by atoms with Gasteiger partial charge in [-0.2, -0.15) is 13.2 Å². The summed E-state index contributed by atoms with van der Waals surface area (Å²) < 4.78 is 39.8. The van der Waals surface area contributed by atoms with Crippen molar-refractivity contribution in [3.8, 4) is 0 Å². The number of alkyl halides is 4. The smallest absolute Gasteiger partial charge is 0.380 e. The van der Waals surface area contributed by atoms with Gasteiger partial charge in [0.25, 0.3) is 11.1 Å². The predicted octanol–water partition coefficient (Wildman–Crippen LogP) is 6.30. The highest BCUT2D eigenvalue weighted by molar-refractivity contribution is 8.18. The van der Waals surface area contributed by atoms with Gasteiger partial charge in [-0.15, -0.1) is 11.6 Å². The van der Waals surface area contributed by atoms with Crippen LogP contribution in [0.25, 0.3) is 6.08 Å². The minimum atomic E-state index is -4.45.